The van der Waals surface area contributed by atoms with Crippen molar-refractivity contribution in [1.29, 1.82) is 0 Å². The molecule has 0 aliphatic carbocycles. The van der Waals surface area contributed by atoms with Crippen molar-refractivity contribution < 1.29 is 21.6 Å². The predicted molar refractivity (Wildman–Crippen MR) is 89.4 cm³/mol. The number of aryl methyl sites for hydroxylation is 1. The molecule has 0 spiro atoms. The second-order valence-corrected chi connectivity index (χ2v) is 8.29. The Hall–Kier alpha value is -1.94. The monoisotopic (exact) mass is 370 g/mol. The van der Waals surface area contributed by atoms with E-state index in [9.17, 15) is 16.8 Å². The highest BCUT2D eigenvalue weighted by atomic mass is 32.2. The van der Waals surface area contributed by atoms with Gasteiger partial charge < -0.3 is 4.74 Å². The molecule has 0 unspecified atom stereocenters. The van der Waals surface area contributed by atoms with Crippen LogP contribution in [0.3, 0.4) is 0 Å². The summed E-state index contributed by atoms with van der Waals surface area (Å²) in [6.07, 6.45) is 0. The van der Waals surface area contributed by atoms with Crippen molar-refractivity contribution in [3.63, 3.8) is 0 Å². The third kappa shape index (κ3) is 4.54. The second kappa shape index (κ2) is 7.31. The fourth-order valence-electron chi connectivity index (χ4n) is 1.83. The van der Waals surface area contributed by atoms with Crippen LogP contribution in [0.25, 0.3) is 0 Å². The summed E-state index contributed by atoms with van der Waals surface area (Å²) in [7, 11) is -8.04. The molecule has 0 saturated heterocycles. The standard InChI is InChI=1S/C15H18N2O5S2/c1-3-22-13-6-10-15(11-7-13)24(20,21)17-16-23(18,19)14-8-4-12(2)5-9-14/h4-11,16-17H,3H2,1-2H3. The average Bonchev–Trinajstić information content (AvgIpc) is 2.55. The topological polar surface area (TPSA) is 102 Å². The van der Waals surface area contributed by atoms with Gasteiger partial charge in [0, 0.05) is 0 Å². The Labute approximate surface area is 141 Å². The van der Waals surface area contributed by atoms with E-state index in [0.717, 1.165) is 5.56 Å². The zero-order valence-corrected chi connectivity index (χ0v) is 14.8. The minimum atomic E-state index is -4.04. The molecule has 2 aromatic carbocycles. The lowest BCUT2D eigenvalue weighted by Gasteiger charge is -2.10. The van der Waals surface area contributed by atoms with Gasteiger partial charge >= 0.3 is 0 Å². The largest absolute Gasteiger partial charge is 0.494 e. The van der Waals surface area contributed by atoms with E-state index in [1.165, 1.54) is 36.4 Å². The molecule has 2 rings (SSSR count). The van der Waals surface area contributed by atoms with Crippen LogP contribution in [0.5, 0.6) is 5.75 Å². The van der Waals surface area contributed by atoms with E-state index in [1.807, 2.05) is 23.5 Å². The van der Waals surface area contributed by atoms with E-state index < -0.39 is 20.0 Å². The number of hydrogen-bond donors (Lipinski definition) is 2. The average molecular weight is 370 g/mol. The molecule has 0 aliphatic rings. The van der Waals surface area contributed by atoms with E-state index in [1.54, 1.807) is 12.1 Å². The van der Waals surface area contributed by atoms with Gasteiger partial charge in [-0.05, 0) is 50.2 Å². The van der Waals surface area contributed by atoms with Crippen LogP contribution in [0.2, 0.25) is 0 Å². The molecule has 0 saturated carbocycles. The maximum absolute atomic E-state index is 12.2. The van der Waals surface area contributed by atoms with Crippen molar-refractivity contribution in [2.24, 2.45) is 0 Å². The molecule has 0 heterocycles. The molecular weight excluding hydrogens is 352 g/mol. The molecule has 0 aliphatic heterocycles. The van der Waals surface area contributed by atoms with E-state index >= 15 is 0 Å². The zero-order chi connectivity index (χ0) is 17.8. The van der Waals surface area contributed by atoms with Crippen LogP contribution in [0, 0.1) is 6.92 Å². The lowest BCUT2D eigenvalue weighted by molar-refractivity contribution is 0.340. The van der Waals surface area contributed by atoms with Crippen molar-refractivity contribution >= 4 is 20.0 Å². The fraction of sp³-hybridized carbons (Fsp3) is 0.200. The zero-order valence-electron chi connectivity index (χ0n) is 13.2. The third-order valence-corrected chi connectivity index (χ3v) is 5.74. The molecular formula is C15H18N2O5S2. The highest BCUT2D eigenvalue weighted by Gasteiger charge is 2.19. The highest BCUT2D eigenvalue weighted by Crippen LogP contribution is 2.16. The Bertz CT molecular complexity index is 890. The molecule has 0 fully saturated rings. The number of benzene rings is 2. The summed E-state index contributed by atoms with van der Waals surface area (Å²) in [5, 5.41) is 0. The maximum Gasteiger partial charge on any atom is 0.254 e. The molecule has 2 aromatic rings. The molecule has 7 nitrogen and oxygen atoms in total. The van der Waals surface area contributed by atoms with Gasteiger partial charge in [0.1, 0.15) is 5.75 Å². The Morgan fingerprint density at radius 1 is 0.792 bits per heavy atom. The van der Waals surface area contributed by atoms with Gasteiger partial charge in [-0.15, -0.1) is 9.66 Å². The predicted octanol–water partition coefficient (Wildman–Crippen LogP) is 1.57. The Balaban J connectivity index is 2.13. The lowest BCUT2D eigenvalue weighted by Crippen LogP contribution is -2.41. The minimum Gasteiger partial charge on any atom is -0.494 e. The van der Waals surface area contributed by atoms with Gasteiger partial charge in [-0.3, -0.25) is 0 Å². The Morgan fingerprint density at radius 2 is 1.21 bits per heavy atom. The normalized spacial score (nSPS) is 12.1. The maximum atomic E-state index is 12.2. The van der Waals surface area contributed by atoms with E-state index in [0.29, 0.717) is 12.4 Å². The first-order valence-corrected chi connectivity index (χ1v) is 10.0. The van der Waals surface area contributed by atoms with Gasteiger partial charge in [0.15, 0.2) is 0 Å². The fourth-order valence-corrected chi connectivity index (χ4v) is 3.93. The second-order valence-electron chi connectivity index (χ2n) is 4.93. The number of nitrogens with one attached hydrogen (secondary N) is 2. The summed E-state index contributed by atoms with van der Waals surface area (Å²) in [5.74, 6) is 0.525. The summed E-state index contributed by atoms with van der Waals surface area (Å²) in [6.45, 7) is 4.09. The van der Waals surface area contributed by atoms with E-state index in [-0.39, 0.29) is 9.79 Å². The van der Waals surface area contributed by atoms with Crippen LogP contribution < -0.4 is 14.4 Å². The third-order valence-electron chi connectivity index (χ3n) is 3.09. The molecule has 0 bridgehead atoms. The summed E-state index contributed by atoms with van der Waals surface area (Å²) in [6, 6.07) is 11.7. The first-order chi connectivity index (χ1) is 11.2. The van der Waals surface area contributed by atoms with E-state index in [4.69, 9.17) is 4.74 Å². The van der Waals surface area contributed by atoms with Crippen LogP contribution in [0.15, 0.2) is 58.3 Å². The number of ether oxygens (including phenoxy) is 1. The summed E-state index contributed by atoms with van der Waals surface area (Å²) in [4.78, 5) is 3.62. The van der Waals surface area contributed by atoms with Crippen molar-refractivity contribution in [3.8, 4) is 5.75 Å². The minimum absolute atomic E-state index is 0.0394. The number of sulfonamides is 2. The highest BCUT2D eigenvalue weighted by molar-refractivity contribution is 7.92. The van der Waals surface area contributed by atoms with Crippen molar-refractivity contribution in [3.05, 3.63) is 54.1 Å². The van der Waals surface area contributed by atoms with Crippen molar-refractivity contribution in [2.75, 3.05) is 6.61 Å². The van der Waals surface area contributed by atoms with Crippen LogP contribution >= 0.6 is 0 Å². The molecule has 0 atom stereocenters. The van der Waals surface area contributed by atoms with Gasteiger partial charge in [0.25, 0.3) is 20.0 Å². The van der Waals surface area contributed by atoms with Crippen LogP contribution in [-0.2, 0) is 20.0 Å². The van der Waals surface area contributed by atoms with Gasteiger partial charge in [-0.25, -0.2) is 16.8 Å². The molecule has 0 radical (unpaired) electrons. The SMILES string of the molecule is CCOc1ccc(S(=O)(=O)NNS(=O)(=O)c2ccc(C)cc2)cc1. The van der Waals surface area contributed by atoms with Gasteiger partial charge in [-0.1, -0.05) is 17.7 Å². The number of rotatable bonds is 7. The van der Waals surface area contributed by atoms with Crippen LogP contribution in [-0.4, -0.2) is 23.4 Å². The first kappa shape index (κ1) is 18.4. The van der Waals surface area contributed by atoms with Gasteiger partial charge in [0.05, 0.1) is 16.4 Å². The summed E-state index contributed by atoms with van der Waals surface area (Å²) < 4.78 is 53.7. The summed E-state index contributed by atoms with van der Waals surface area (Å²) >= 11 is 0. The Kier molecular flexibility index (Phi) is 5.60. The van der Waals surface area contributed by atoms with Gasteiger partial charge in [-0.2, -0.15) is 0 Å². The Morgan fingerprint density at radius 3 is 1.62 bits per heavy atom. The lowest BCUT2D eigenvalue weighted by atomic mass is 10.2. The molecule has 0 aromatic heterocycles. The molecule has 130 valence electrons. The quantitative estimate of drug-likeness (QED) is 0.720. The number of hydrogen-bond acceptors (Lipinski definition) is 5. The van der Waals surface area contributed by atoms with Crippen molar-refractivity contribution in [2.45, 2.75) is 23.6 Å². The summed E-state index contributed by atoms with van der Waals surface area (Å²) in [5.41, 5.74) is 0.893. The number of hydrazine groups is 1. The smallest absolute Gasteiger partial charge is 0.254 e. The molecule has 9 heteroatoms. The van der Waals surface area contributed by atoms with Crippen LogP contribution in [0.4, 0.5) is 0 Å². The molecule has 0 amide bonds. The molecule has 2 N–H and O–H groups in total. The first-order valence-electron chi connectivity index (χ1n) is 7.08. The van der Waals surface area contributed by atoms with Crippen molar-refractivity contribution in [1.82, 2.24) is 9.66 Å². The molecule has 24 heavy (non-hydrogen) atoms. The van der Waals surface area contributed by atoms with Crippen LogP contribution in [0.1, 0.15) is 12.5 Å². The van der Waals surface area contributed by atoms with E-state index in [2.05, 4.69) is 0 Å². The van der Waals surface area contributed by atoms with Gasteiger partial charge in [0.2, 0.25) is 0 Å².